The maximum absolute atomic E-state index is 12.6. The highest BCUT2D eigenvalue weighted by Gasteiger charge is 2.27. The molecule has 1 amide bonds. The Morgan fingerprint density at radius 3 is 2.36 bits per heavy atom. The van der Waals surface area contributed by atoms with Gasteiger partial charge in [0.25, 0.3) is 5.69 Å². The van der Waals surface area contributed by atoms with Gasteiger partial charge in [0.05, 0.1) is 11.3 Å². The number of amides is 1. The van der Waals surface area contributed by atoms with Crippen LogP contribution in [0.1, 0.15) is 38.0 Å². The van der Waals surface area contributed by atoms with Gasteiger partial charge in [0.15, 0.2) is 0 Å². The van der Waals surface area contributed by atoms with E-state index in [0.717, 1.165) is 5.56 Å². The van der Waals surface area contributed by atoms with E-state index in [1.165, 1.54) is 12.1 Å². The summed E-state index contributed by atoms with van der Waals surface area (Å²) >= 11 is 0. The number of hydrogen-bond acceptors (Lipinski definition) is 5. The van der Waals surface area contributed by atoms with Crippen molar-refractivity contribution in [2.24, 2.45) is 5.92 Å². The van der Waals surface area contributed by atoms with Crippen LogP contribution in [0.2, 0.25) is 0 Å². The fraction of sp³-hybridized carbons (Fsp3) is 0.333. The highest BCUT2D eigenvalue weighted by Crippen LogP contribution is 2.22. The summed E-state index contributed by atoms with van der Waals surface area (Å²) in [7, 11) is 0. The Morgan fingerprint density at radius 1 is 1.07 bits per heavy atom. The molecule has 148 valence electrons. The molecule has 0 radical (unpaired) electrons. The largest absolute Gasteiger partial charge is 0.456 e. The number of nitrogens with one attached hydrogen (secondary N) is 1. The number of carbonyl (C=O) groups excluding carboxylic acids is 2. The number of carbonyl (C=O) groups is 2. The number of nitrogens with zero attached hydrogens (tertiary/aromatic N) is 1. The quantitative estimate of drug-likeness (QED) is 0.426. The van der Waals surface area contributed by atoms with E-state index in [1.54, 1.807) is 19.1 Å². The molecule has 0 fully saturated rings. The Kier molecular flexibility index (Phi) is 7.26. The average Bonchev–Trinajstić information content (AvgIpc) is 2.66. The molecule has 28 heavy (non-hydrogen) atoms. The zero-order chi connectivity index (χ0) is 20.7. The number of rotatable bonds is 8. The molecular formula is C21H24N2O5. The first-order chi connectivity index (χ1) is 13.3. The normalized spacial score (nSPS) is 12.9. The van der Waals surface area contributed by atoms with Crippen LogP contribution in [0, 0.1) is 16.0 Å². The first-order valence-corrected chi connectivity index (χ1v) is 9.06. The monoisotopic (exact) mass is 384 g/mol. The van der Waals surface area contributed by atoms with Gasteiger partial charge in [-0.2, -0.15) is 0 Å². The van der Waals surface area contributed by atoms with Gasteiger partial charge >= 0.3 is 5.97 Å². The van der Waals surface area contributed by atoms with Crippen molar-refractivity contribution in [3.8, 4) is 0 Å². The van der Waals surface area contributed by atoms with E-state index in [4.69, 9.17) is 4.74 Å². The molecule has 0 aliphatic heterocycles. The van der Waals surface area contributed by atoms with Gasteiger partial charge in [-0.3, -0.25) is 14.9 Å². The van der Waals surface area contributed by atoms with Gasteiger partial charge < -0.3 is 10.1 Å². The molecule has 0 aromatic heterocycles. The zero-order valence-electron chi connectivity index (χ0n) is 16.1. The third kappa shape index (κ3) is 5.90. The van der Waals surface area contributed by atoms with E-state index in [2.05, 4.69) is 5.32 Å². The highest BCUT2D eigenvalue weighted by molar-refractivity contribution is 5.85. The third-order valence-corrected chi connectivity index (χ3v) is 4.29. The number of nitro groups is 1. The number of hydrogen-bond donors (Lipinski definition) is 1. The topological polar surface area (TPSA) is 98.5 Å². The molecule has 2 aromatic rings. The molecule has 0 spiro atoms. The van der Waals surface area contributed by atoms with Crippen molar-refractivity contribution in [1.29, 1.82) is 0 Å². The first-order valence-electron chi connectivity index (χ1n) is 9.06. The lowest BCUT2D eigenvalue weighted by Gasteiger charge is -2.23. The molecule has 0 heterocycles. The van der Waals surface area contributed by atoms with E-state index in [1.807, 2.05) is 44.2 Å². The number of non-ortho nitro benzene ring substituents is 1. The second kappa shape index (κ2) is 9.64. The van der Waals surface area contributed by atoms with Gasteiger partial charge in [0.1, 0.15) is 12.1 Å². The summed E-state index contributed by atoms with van der Waals surface area (Å²) in [5.74, 6) is -1.02. The summed E-state index contributed by atoms with van der Waals surface area (Å²) in [6, 6.07) is 14.4. The zero-order valence-corrected chi connectivity index (χ0v) is 16.1. The van der Waals surface area contributed by atoms with Gasteiger partial charge in [0.2, 0.25) is 5.91 Å². The number of nitro benzene ring substituents is 1. The SMILES string of the molecule is CC(C)[C@H](NC(=O)Cc1ccccc1)C(=O)O[C@H](C)c1cccc([N+](=O)[O-])c1. The Morgan fingerprint density at radius 2 is 1.75 bits per heavy atom. The predicted octanol–water partition coefficient (Wildman–Crippen LogP) is 3.58. The number of ether oxygens (including phenoxy) is 1. The lowest BCUT2D eigenvalue weighted by molar-refractivity contribution is -0.385. The van der Waals surface area contributed by atoms with E-state index >= 15 is 0 Å². The van der Waals surface area contributed by atoms with Gasteiger partial charge in [-0.15, -0.1) is 0 Å². The summed E-state index contributed by atoms with van der Waals surface area (Å²) < 4.78 is 5.47. The smallest absolute Gasteiger partial charge is 0.329 e. The first kappa shape index (κ1) is 21.1. The van der Waals surface area contributed by atoms with Crippen molar-refractivity contribution in [1.82, 2.24) is 5.32 Å². The minimum atomic E-state index is -0.808. The summed E-state index contributed by atoms with van der Waals surface area (Å²) in [6.45, 7) is 5.26. The molecule has 2 aromatic carbocycles. The van der Waals surface area contributed by atoms with Gasteiger partial charge in [-0.25, -0.2) is 4.79 Å². The van der Waals surface area contributed by atoms with Crippen molar-refractivity contribution in [2.45, 2.75) is 39.3 Å². The van der Waals surface area contributed by atoms with E-state index in [9.17, 15) is 19.7 Å². The summed E-state index contributed by atoms with van der Waals surface area (Å²) in [6.07, 6.45) is -0.516. The second-order valence-electron chi connectivity index (χ2n) is 6.88. The fourth-order valence-corrected chi connectivity index (χ4v) is 2.71. The standard InChI is InChI=1S/C21H24N2O5/c1-14(2)20(22-19(24)12-16-8-5-4-6-9-16)21(25)28-15(3)17-10-7-11-18(13-17)23(26)27/h4-11,13-15,20H,12H2,1-3H3,(H,22,24)/t15-,20+/m1/s1. The van der Waals surface area contributed by atoms with Crippen LogP contribution < -0.4 is 5.32 Å². The Bertz CT molecular complexity index is 836. The molecule has 2 atom stereocenters. The second-order valence-corrected chi connectivity index (χ2v) is 6.88. The maximum Gasteiger partial charge on any atom is 0.329 e. The van der Waals surface area contributed by atoms with Crippen LogP contribution in [-0.4, -0.2) is 22.8 Å². The predicted molar refractivity (Wildman–Crippen MR) is 105 cm³/mol. The number of benzene rings is 2. The summed E-state index contributed by atoms with van der Waals surface area (Å²) in [5, 5.41) is 13.6. The van der Waals surface area contributed by atoms with Crippen molar-refractivity contribution in [3.63, 3.8) is 0 Å². The van der Waals surface area contributed by atoms with Gasteiger partial charge in [-0.1, -0.05) is 56.3 Å². The minimum Gasteiger partial charge on any atom is -0.456 e. The Labute approximate surface area is 163 Å². The Hall–Kier alpha value is -3.22. The fourth-order valence-electron chi connectivity index (χ4n) is 2.71. The van der Waals surface area contributed by atoms with E-state index < -0.39 is 23.0 Å². The molecule has 7 heteroatoms. The third-order valence-electron chi connectivity index (χ3n) is 4.29. The van der Waals surface area contributed by atoms with Crippen molar-refractivity contribution < 1.29 is 19.2 Å². The molecule has 7 nitrogen and oxygen atoms in total. The summed E-state index contributed by atoms with van der Waals surface area (Å²) in [4.78, 5) is 35.3. The molecule has 0 saturated heterocycles. The van der Waals surface area contributed by atoms with Crippen LogP contribution in [0.3, 0.4) is 0 Å². The number of esters is 1. The van der Waals surface area contributed by atoms with Crippen LogP contribution in [-0.2, 0) is 20.7 Å². The Balaban J connectivity index is 2.03. The average molecular weight is 384 g/mol. The molecule has 0 bridgehead atoms. The molecule has 0 aliphatic carbocycles. The molecule has 0 aliphatic rings. The van der Waals surface area contributed by atoms with Crippen molar-refractivity contribution in [2.75, 3.05) is 0 Å². The van der Waals surface area contributed by atoms with Crippen LogP contribution >= 0.6 is 0 Å². The maximum atomic E-state index is 12.6. The van der Waals surface area contributed by atoms with Crippen LogP contribution in [0.4, 0.5) is 5.69 Å². The molecule has 0 saturated carbocycles. The van der Waals surface area contributed by atoms with Crippen LogP contribution in [0.25, 0.3) is 0 Å². The summed E-state index contributed by atoms with van der Waals surface area (Å²) in [5.41, 5.74) is 1.29. The molecule has 2 rings (SSSR count). The van der Waals surface area contributed by atoms with Gasteiger partial charge in [-0.05, 0) is 24.0 Å². The molecule has 0 unspecified atom stereocenters. The van der Waals surface area contributed by atoms with Crippen LogP contribution in [0.5, 0.6) is 0 Å². The lowest BCUT2D eigenvalue weighted by atomic mass is 10.0. The van der Waals surface area contributed by atoms with E-state index in [0.29, 0.717) is 5.56 Å². The van der Waals surface area contributed by atoms with Crippen molar-refractivity contribution in [3.05, 3.63) is 75.8 Å². The minimum absolute atomic E-state index is 0.0722. The van der Waals surface area contributed by atoms with Crippen LogP contribution in [0.15, 0.2) is 54.6 Å². The van der Waals surface area contributed by atoms with Crippen molar-refractivity contribution >= 4 is 17.6 Å². The highest BCUT2D eigenvalue weighted by atomic mass is 16.6. The van der Waals surface area contributed by atoms with Gasteiger partial charge in [0, 0.05) is 12.1 Å². The molecular weight excluding hydrogens is 360 g/mol. The molecule has 1 N–H and O–H groups in total. The van der Waals surface area contributed by atoms with E-state index in [-0.39, 0.29) is 23.9 Å². The lowest BCUT2D eigenvalue weighted by Crippen LogP contribution is -2.46.